The smallest absolute Gasteiger partial charge is 0.305 e. The summed E-state index contributed by atoms with van der Waals surface area (Å²) in [6.45, 7) is 4.99. The molecule has 0 bridgehead atoms. The van der Waals surface area contributed by atoms with Crippen LogP contribution in [0, 0.1) is 0 Å². The van der Waals surface area contributed by atoms with Crippen molar-refractivity contribution in [3.63, 3.8) is 0 Å². The number of hydrogen-bond acceptors (Lipinski definition) is 5. The van der Waals surface area contributed by atoms with E-state index in [4.69, 9.17) is 4.74 Å². The van der Waals surface area contributed by atoms with E-state index in [1.54, 1.807) is 0 Å². The topological polar surface area (TPSA) is 95.9 Å². The van der Waals surface area contributed by atoms with E-state index >= 15 is 0 Å². The molecule has 0 aliphatic carbocycles. The van der Waals surface area contributed by atoms with Crippen molar-refractivity contribution in [3.8, 4) is 0 Å². The van der Waals surface area contributed by atoms with E-state index in [1.807, 2.05) is 0 Å². The number of allylic oxidation sites excluding steroid dienone is 2. The third-order valence-corrected chi connectivity index (χ3v) is 17.3. The molecule has 0 aromatic heterocycles. The van der Waals surface area contributed by atoms with Gasteiger partial charge in [0.05, 0.1) is 25.4 Å². The number of carbonyl (C=O) groups is 2. The summed E-state index contributed by atoms with van der Waals surface area (Å²) in [6, 6.07) is -0.541. The molecule has 79 heavy (non-hydrogen) atoms. The second kappa shape index (κ2) is 69.1. The van der Waals surface area contributed by atoms with Gasteiger partial charge in [-0.3, -0.25) is 9.59 Å². The molecule has 0 aromatic carbocycles. The summed E-state index contributed by atoms with van der Waals surface area (Å²) in [5.74, 6) is -0.0196. The molecular formula is C73H143NO5. The summed E-state index contributed by atoms with van der Waals surface area (Å²) in [6.07, 6.45) is 85.5. The molecule has 2 unspecified atom stereocenters. The number of nitrogens with one attached hydrogen (secondary N) is 1. The Balaban J connectivity index is 3.36. The highest BCUT2D eigenvalue weighted by molar-refractivity contribution is 5.76. The van der Waals surface area contributed by atoms with Gasteiger partial charge in [0, 0.05) is 12.8 Å². The summed E-state index contributed by atoms with van der Waals surface area (Å²) in [5, 5.41) is 23.4. The molecule has 0 heterocycles. The number of rotatable bonds is 69. The first-order valence-corrected chi connectivity index (χ1v) is 36.4. The van der Waals surface area contributed by atoms with Crippen molar-refractivity contribution >= 4 is 11.9 Å². The van der Waals surface area contributed by atoms with Gasteiger partial charge in [0.1, 0.15) is 0 Å². The minimum Gasteiger partial charge on any atom is -0.466 e. The molecule has 0 fully saturated rings. The van der Waals surface area contributed by atoms with Crippen LogP contribution in [0.25, 0.3) is 0 Å². The molecule has 2 atom stereocenters. The molecule has 470 valence electrons. The van der Waals surface area contributed by atoms with E-state index in [-0.39, 0.29) is 18.5 Å². The van der Waals surface area contributed by atoms with Gasteiger partial charge in [0.15, 0.2) is 0 Å². The Morgan fingerprint density at radius 3 is 0.899 bits per heavy atom. The molecule has 0 aliphatic heterocycles. The van der Waals surface area contributed by atoms with Gasteiger partial charge in [-0.25, -0.2) is 0 Å². The van der Waals surface area contributed by atoms with Crippen LogP contribution in [0.3, 0.4) is 0 Å². The van der Waals surface area contributed by atoms with Crippen LogP contribution in [0.4, 0.5) is 0 Å². The number of ether oxygens (including phenoxy) is 1. The number of carbonyl (C=O) groups excluding carboxylic acids is 2. The van der Waals surface area contributed by atoms with E-state index in [2.05, 4.69) is 31.3 Å². The monoisotopic (exact) mass is 1110 g/mol. The first kappa shape index (κ1) is 77.6. The zero-order chi connectivity index (χ0) is 57.1. The molecule has 0 radical (unpaired) electrons. The molecule has 3 N–H and O–H groups in total. The van der Waals surface area contributed by atoms with Gasteiger partial charge in [-0.2, -0.15) is 0 Å². The normalized spacial score (nSPS) is 12.5. The fraction of sp³-hybridized carbons (Fsp3) is 0.945. The number of unbranched alkanes of at least 4 members (excludes halogenated alkanes) is 56. The maximum atomic E-state index is 12.6. The number of esters is 1. The van der Waals surface area contributed by atoms with Crippen molar-refractivity contribution in [1.82, 2.24) is 5.32 Å². The van der Waals surface area contributed by atoms with Crippen LogP contribution in [0.15, 0.2) is 12.2 Å². The average molecular weight is 1110 g/mol. The minimum atomic E-state index is -0.664. The van der Waals surface area contributed by atoms with Crippen LogP contribution >= 0.6 is 0 Å². The largest absolute Gasteiger partial charge is 0.466 e. The van der Waals surface area contributed by atoms with Gasteiger partial charge in [-0.05, 0) is 51.4 Å². The fourth-order valence-corrected chi connectivity index (χ4v) is 11.8. The van der Waals surface area contributed by atoms with E-state index < -0.39 is 12.1 Å². The predicted octanol–water partition coefficient (Wildman–Crippen LogP) is 23.5. The first-order valence-electron chi connectivity index (χ1n) is 36.4. The van der Waals surface area contributed by atoms with E-state index in [1.165, 1.54) is 340 Å². The molecule has 0 spiro atoms. The zero-order valence-electron chi connectivity index (χ0n) is 53.9. The molecule has 0 rings (SSSR count). The Labute approximate surface area is 495 Å². The number of aliphatic hydroxyl groups excluding tert-OH is 2. The maximum Gasteiger partial charge on any atom is 0.305 e. The van der Waals surface area contributed by atoms with Gasteiger partial charge in [-0.1, -0.05) is 366 Å². The third kappa shape index (κ3) is 65.6. The van der Waals surface area contributed by atoms with Crippen LogP contribution < -0.4 is 5.32 Å². The molecule has 0 saturated heterocycles. The Morgan fingerprint density at radius 1 is 0.342 bits per heavy atom. The minimum absolute atomic E-state index is 0.00884. The van der Waals surface area contributed by atoms with Crippen molar-refractivity contribution in [3.05, 3.63) is 12.2 Å². The first-order chi connectivity index (χ1) is 39.0. The van der Waals surface area contributed by atoms with E-state index in [0.717, 1.165) is 44.9 Å². The van der Waals surface area contributed by atoms with Crippen LogP contribution in [0.2, 0.25) is 0 Å². The Bertz CT molecular complexity index is 1190. The molecule has 0 saturated carbocycles. The predicted molar refractivity (Wildman–Crippen MR) is 347 cm³/mol. The lowest BCUT2D eigenvalue weighted by Crippen LogP contribution is -2.45. The molecule has 0 aliphatic rings. The van der Waals surface area contributed by atoms with Gasteiger partial charge in [0.25, 0.3) is 0 Å². The molecule has 6 nitrogen and oxygen atoms in total. The molecule has 6 heteroatoms. The Kier molecular flexibility index (Phi) is 67.9. The summed E-state index contributed by atoms with van der Waals surface area (Å²) in [5.41, 5.74) is 0. The highest BCUT2D eigenvalue weighted by Gasteiger charge is 2.20. The number of hydrogen-bond donors (Lipinski definition) is 3. The van der Waals surface area contributed by atoms with Gasteiger partial charge in [0.2, 0.25) is 5.91 Å². The third-order valence-electron chi connectivity index (χ3n) is 17.3. The molecular weight excluding hydrogens is 971 g/mol. The van der Waals surface area contributed by atoms with Crippen molar-refractivity contribution in [2.75, 3.05) is 13.2 Å². The van der Waals surface area contributed by atoms with Gasteiger partial charge >= 0.3 is 5.97 Å². The van der Waals surface area contributed by atoms with Crippen molar-refractivity contribution in [2.45, 2.75) is 431 Å². The van der Waals surface area contributed by atoms with Crippen molar-refractivity contribution in [2.24, 2.45) is 0 Å². The standard InChI is InChI=1S/C73H143NO5/c1-3-5-7-9-11-13-15-17-19-20-21-22-25-28-31-34-38-41-45-49-53-57-61-65-71(76)70(69-75)74-72(77)66-62-58-54-50-46-42-39-35-32-29-26-23-24-27-30-33-36-40-44-48-52-56-60-64-68-79-73(78)67-63-59-55-51-47-43-37-18-16-14-12-10-8-6-4-2/h18,37,70-71,75-76H,3-17,19-36,38-69H2,1-2H3,(H,74,77)/b37-18-. The van der Waals surface area contributed by atoms with Gasteiger partial charge < -0.3 is 20.3 Å². The SMILES string of the molecule is CCCCCCCC/C=C\CCCCCCCC(=O)OCCCCCCCCCCCCCCCCCCCCCCCCCCC(=O)NC(CO)C(O)CCCCCCCCCCCCCCCCCCCCCCCCC. The lowest BCUT2D eigenvalue weighted by atomic mass is 10.0. The molecule has 1 amide bonds. The Hall–Kier alpha value is -1.40. The number of aliphatic hydroxyl groups is 2. The average Bonchev–Trinajstić information content (AvgIpc) is 3.45. The number of amides is 1. The maximum absolute atomic E-state index is 12.6. The second-order valence-electron chi connectivity index (χ2n) is 25.3. The molecule has 0 aromatic rings. The summed E-state index contributed by atoms with van der Waals surface area (Å²) in [7, 11) is 0. The highest BCUT2D eigenvalue weighted by Crippen LogP contribution is 2.20. The highest BCUT2D eigenvalue weighted by atomic mass is 16.5. The van der Waals surface area contributed by atoms with Crippen LogP contribution in [0.5, 0.6) is 0 Å². The lowest BCUT2D eigenvalue weighted by Gasteiger charge is -2.22. The zero-order valence-corrected chi connectivity index (χ0v) is 53.9. The van der Waals surface area contributed by atoms with Crippen LogP contribution in [-0.2, 0) is 14.3 Å². The van der Waals surface area contributed by atoms with Crippen LogP contribution in [0.1, 0.15) is 418 Å². The van der Waals surface area contributed by atoms with Crippen molar-refractivity contribution in [1.29, 1.82) is 0 Å². The van der Waals surface area contributed by atoms with Crippen LogP contribution in [-0.4, -0.2) is 47.4 Å². The van der Waals surface area contributed by atoms with Crippen molar-refractivity contribution < 1.29 is 24.5 Å². The lowest BCUT2D eigenvalue weighted by molar-refractivity contribution is -0.143. The summed E-state index contributed by atoms with van der Waals surface area (Å²) < 4.78 is 5.49. The fourth-order valence-electron chi connectivity index (χ4n) is 11.8. The van der Waals surface area contributed by atoms with E-state index in [0.29, 0.717) is 25.9 Å². The van der Waals surface area contributed by atoms with E-state index in [9.17, 15) is 19.8 Å². The summed E-state index contributed by atoms with van der Waals surface area (Å²) >= 11 is 0. The van der Waals surface area contributed by atoms with Gasteiger partial charge in [-0.15, -0.1) is 0 Å². The second-order valence-corrected chi connectivity index (χ2v) is 25.3. The Morgan fingerprint density at radius 2 is 0.595 bits per heavy atom. The quantitative estimate of drug-likeness (QED) is 0.0320. The summed E-state index contributed by atoms with van der Waals surface area (Å²) in [4.78, 5) is 24.6.